The topological polar surface area (TPSA) is 58.3 Å². The van der Waals surface area contributed by atoms with E-state index in [1.807, 2.05) is 13.8 Å². The van der Waals surface area contributed by atoms with Crippen LogP contribution in [-0.4, -0.2) is 22.4 Å². The molecule has 0 spiro atoms. The largest absolute Gasteiger partial charge is 0.389 e. The van der Waals surface area contributed by atoms with Crippen molar-refractivity contribution in [2.45, 2.75) is 32.4 Å². The highest BCUT2D eigenvalue weighted by Gasteiger charge is 2.16. The highest BCUT2D eigenvalue weighted by Crippen LogP contribution is 2.06. The highest BCUT2D eigenvalue weighted by molar-refractivity contribution is 4.94. The number of rotatable bonds is 5. The van der Waals surface area contributed by atoms with Crippen LogP contribution in [0.25, 0.3) is 0 Å². The van der Waals surface area contributed by atoms with Gasteiger partial charge in [0.1, 0.15) is 6.26 Å². The van der Waals surface area contributed by atoms with E-state index in [1.165, 1.54) is 6.26 Å². The predicted molar refractivity (Wildman–Crippen MR) is 49.1 cm³/mol. The van der Waals surface area contributed by atoms with Gasteiger partial charge < -0.3 is 14.9 Å². The zero-order valence-electron chi connectivity index (χ0n) is 8.08. The minimum absolute atomic E-state index is 0.566. The molecular weight excluding hydrogens is 168 g/mol. The Hall–Kier alpha value is -0.870. The Morgan fingerprint density at radius 1 is 1.69 bits per heavy atom. The molecule has 1 heterocycles. The minimum Gasteiger partial charge on any atom is -0.389 e. The average Bonchev–Trinajstić information content (AvgIpc) is 2.57. The van der Waals surface area contributed by atoms with E-state index in [9.17, 15) is 5.11 Å². The molecule has 0 aliphatic heterocycles. The van der Waals surface area contributed by atoms with Crippen LogP contribution in [0.2, 0.25) is 0 Å². The fourth-order valence-electron chi connectivity index (χ4n) is 0.914. The van der Waals surface area contributed by atoms with Gasteiger partial charge in [-0.15, -0.1) is 0 Å². The summed E-state index contributed by atoms with van der Waals surface area (Å²) < 4.78 is 4.67. The van der Waals surface area contributed by atoms with Crippen LogP contribution in [0.3, 0.4) is 0 Å². The number of hydrogen-bond donors (Lipinski definition) is 2. The van der Waals surface area contributed by atoms with E-state index in [2.05, 4.69) is 15.0 Å². The zero-order chi connectivity index (χ0) is 9.73. The fraction of sp³-hybridized carbons (Fsp3) is 0.667. The van der Waals surface area contributed by atoms with Crippen molar-refractivity contribution >= 4 is 0 Å². The van der Waals surface area contributed by atoms with E-state index in [1.54, 1.807) is 6.07 Å². The SMILES string of the molecule is CCC(C)(O)CNCc1ccon1. The molecule has 0 aliphatic carbocycles. The van der Waals surface area contributed by atoms with E-state index in [4.69, 9.17) is 0 Å². The summed E-state index contributed by atoms with van der Waals surface area (Å²) in [5, 5.41) is 16.5. The first-order valence-corrected chi connectivity index (χ1v) is 4.46. The number of hydrogen-bond acceptors (Lipinski definition) is 4. The lowest BCUT2D eigenvalue weighted by atomic mass is 10.0. The van der Waals surface area contributed by atoms with E-state index in [0.29, 0.717) is 13.1 Å². The van der Waals surface area contributed by atoms with Crippen molar-refractivity contribution in [3.05, 3.63) is 18.0 Å². The average molecular weight is 184 g/mol. The van der Waals surface area contributed by atoms with Gasteiger partial charge in [0.15, 0.2) is 0 Å². The van der Waals surface area contributed by atoms with Gasteiger partial charge in [0.25, 0.3) is 0 Å². The van der Waals surface area contributed by atoms with Gasteiger partial charge in [-0.2, -0.15) is 0 Å². The first-order valence-electron chi connectivity index (χ1n) is 4.46. The molecule has 0 radical (unpaired) electrons. The molecule has 0 bridgehead atoms. The molecule has 4 heteroatoms. The number of nitrogens with zero attached hydrogens (tertiary/aromatic N) is 1. The molecule has 0 fully saturated rings. The van der Waals surface area contributed by atoms with Crippen LogP contribution in [-0.2, 0) is 6.54 Å². The van der Waals surface area contributed by atoms with Crippen molar-refractivity contribution in [2.24, 2.45) is 0 Å². The van der Waals surface area contributed by atoms with Crippen LogP contribution in [0.1, 0.15) is 26.0 Å². The molecule has 0 saturated heterocycles. The summed E-state index contributed by atoms with van der Waals surface area (Å²) in [4.78, 5) is 0. The van der Waals surface area contributed by atoms with Gasteiger partial charge in [0.05, 0.1) is 11.3 Å². The fourth-order valence-corrected chi connectivity index (χ4v) is 0.914. The zero-order valence-corrected chi connectivity index (χ0v) is 8.08. The lowest BCUT2D eigenvalue weighted by molar-refractivity contribution is 0.0554. The molecule has 13 heavy (non-hydrogen) atoms. The summed E-state index contributed by atoms with van der Waals surface area (Å²) in [5.41, 5.74) is 0.218. The third-order valence-corrected chi connectivity index (χ3v) is 2.06. The monoisotopic (exact) mass is 184 g/mol. The molecule has 0 aliphatic rings. The molecule has 1 aromatic rings. The summed E-state index contributed by atoms with van der Waals surface area (Å²) in [6, 6.07) is 1.80. The Morgan fingerprint density at radius 3 is 3.00 bits per heavy atom. The molecular formula is C9H16N2O2. The molecule has 1 rings (SSSR count). The van der Waals surface area contributed by atoms with Crippen LogP contribution in [0.15, 0.2) is 16.9 Å². The van der Waals surface area contributed by atoms with Crippen LogP contribution < -0.4 is 5.32 Å². The van der Waals surface area contributed by atoms with Gasteiger partial charge in [-0.05, 0) is 13.3 Å². The van der Waals surface area contributed by atoms with Gasteiger partial charge >= 0.3 is 0 Å². The lowest BCUT2D eigenvalue weighted by Crippen LogP contribution is -2.36. The molecule has 1 atom stereocenters. The quantitative estimate of drug-likeness (QED) is 0.714. The van der Waals surface area contributed by atoms with Crippen LogP contribution in [0.4, 0.5) is 0 Å². The first-order chi connectivity index (χ1) is 6.14. The lowest BCUT2D eigenvalue weighted by Gasteiger charge is -2.21. The van der Waals surface area contributed by atoms with Crippen molar-refractivity contribution in [3.63, 3.8) is 0 Å². The second-order valence-corrected chi connectivity index (χ2v) is 3.44. The smallest absolute Gasteiger partial charge is 0.124 e. The molecule has 74 valence electrons. The van der Waals surface area contributed by atoms with Gasteiger partial charge in [0.2, 0.25) is 0 Å². The van der Waals surface area contributed by atoms with Crippen molar-refractivity contribution < 1.29 is 9.63 Å². The third-order valence-electron chi connectivity index (χ3n) is 2.06. The molecule has 1 aromatic heterocycles. The summed E-state index contributed by atoms with van der Waals surface area (Å²) in [5.74, 6) is 0. The predicted octanol–water partition coefficient (Wildman–Crippen LogP) is 0.925. The summed E-state index contributed by atoms with van der Waals surface area (Å²) in [6.45, 7) is 4.96. The maximum Gasteiger partial charge on any atom is 0.124 e. The van der Waals surface area contributed by atoms with Crippen LogP contribution >= 0.6 is 0 Å². The second-order valence-electron chi connectivity index (χ2n) is 3.44. The molecule has 0 aromatic carbocycles. The molecule has 1 unspecified atom stereocenters. The highest BCUT2D eigenvalue weighted by atomic mass is 16.5. The summed E-state index contributed by atoms with van der Waals surface area (Å²) in [6.07, 6.45) is 2.27. The minimum atomic E-state index is -0.635. The Morgan fingerprint density at radius 2 is 2.46 bits per heavy atom. The van der Waals surface area contributed by atoms with Gasteiger partial charge in [0, 0.05) is 19.2 Å². The maximum atomic E-state index is 9.65. The Balaban J connectivity index is 2.21. The van der Waals surface area contributed by atoms with E-state index < -0.39 is 5.60 Å². The molecule has 2 N–H and O–H groups in total. The number of nitrogens with one attached hydrogen (secondary N) is 1. The molecule has 0 saturated carbocycles. The molecule has 0 amide bonds. The van der Waals surface area contributed by atoms with Gasteiger partial charge in [-0.1, -0.05) is 12.1 Å². The number of aliphatic hydroxyl groups is 1. The Bertz CT molecular complexity index is 232. The molecule has 4 nitrogen and oxygen atoms in total. The van der Waals surface area contributed by atoms with Crippen molar-refractivity contribution in [3.8, 4) is 0 Å². The summed E-state index contributed by atoms with van der Waals surface area (Å²) in [7, 11) is 0. The van der Waals surface area contributed by atoms with Crippen LogP contribution in [0.5, 0.6) is 0 Å². The van der Waals surface area contributed by atoms with E-state index in [0.717, 1.165) is 12.1 Å². The third kappa shape index (κ3) is 3.57. The standard InChI is InChI=1S/C9H16N2O2/c1-3-9(2,12)7-10-6-8-4-5-13-11-8/h4-5,10,12H,3,6-7H2,1-2H3. The Kier molecular flexibility index (Phi) is 3.45. The van der Waals surface area contributed by atoms with Gasteiger partial charge in [-0.25, -0.2) is 0 Å². The normalized spacial score (nSPS) is 15.6. The van der Waals surface area contributed by atoms with E-state index >= 15 is 0 Å². The van der Waals surface area contributed by atoms with Crippen molar-refractivity contribution in [1.82, 2.24) is 10.5 Å². The maximum absolute atomic E-state index is 9.65. The van der Waals surface area contributed by atoms with E-state index in [-0.39, 0.29) is 0 Å². The first kappa shape index (κ1) is 10.2. The van der Waals surface area contributed by atoms with Crippen molar-refractivity contribution in [1.29, 1.82) is 0 Å². The summed E-state index contributed by atoms with van der Waals surface area (Å²) >= 11 is 0. The second kappa shape index (κ2) is 4.39. The number of aromatic nitrogens is 1. The Labute approximate surface area is 77.9 Å². The van der Waals surface area contributed by atoms with Crippen molar-refractivity contribution in [2.75, 3.05) is 6.54 Å². The van der Waals surface area contributed by atoms with Crippen LogP contribution in [0, 0.1) is 0 Å². The van der Waals surface area contributed by atoms with Gasteiger partial charge in [-0.3, -0.25) is 0 Å².